The summed E-state index contributed by atoms with van der Waals surface area (Å²) in [5.41, 5.74) is 7.67. The molecule has 0 aliphatic rings. The highest BCUT2D eigenvalue weighted by Crippen LogP contribution is 2.57. The van der Waals surface area contributed by atoms with Crippen LogP contribution in [0.1, 0.15) is 0 Å². The van der Waals surface area contributed by atoms with Crippen LogP contribution in [-0.4, -0.2) is 0 Å². The van der Waals surface area contributed by atoms with E-state index in [1.165, 1.54) is 120 Å². The third kappa shape index (κ3) is 3.56. The summed E-state index contributed by atoms with van der Waals surface area (Å²) in [6.45, 7) is 0. The fourth-order valence-corrected chi connectivity index (χ4v) is 9.77. The molecule has 0 atom stereocenters. The van der Waals surface area contributed by atoms with E-state index in [9.17, 15) is 0 Å². The topological polar surface area (TPSA) is 0 Å². The average Bonchev–Trinajstić information content (AvgIpc) is 3.72. The number of fused-ring (bicyclic) bond motifs is 10. The second-order valence-electron chi connectivity index (χ2n) is 14.2. The van der Waals surface area contributed by atoms with Gasteiger partial charge in [0.05, 0.1) is 0 Å². The Bertz CT molecular complexity index is 3360. The normalized spacial score (nSPS) is 12.2. The molecule has 12 rings (SSSR count). The molecule has 0 bridgehead atoms. The molecule has 0 saturated carbocycles. The van der Waals surface area contributed by atoms with Gasteiger partial charge in [-0.2, -0.15) is 0 Å². The van der Waals surface area contributed by atoms with E-state index in [-0.39, 0.29) is 0 Å². The molecule has 0 heteroatoms. The summed E-state index contributed by atoms with van der Waals surface area (Å²) in [5, 5.41) is 21.2. The lowest BCUT2D eigenvalue weighted by Crippen LogP contribution is -1.92. The average molecular weight is 655 g/mol. The van der Waals surface area contributed by atoms with Gasteiger partial charge in [-0.3, -0.25) is 0 Å². The molecule has 0 amide bonds. The maximum Gasteiger partial charge on any atom is -0.0000717 e. The van der Waals surface area contributed by atoms with Crippen molar-refractivity contribution in [1.82, 2.24) is 0 Å². The highest BCUT2D eigenvalue weighted by Gasteiger charge is 2.28. The molecule has 0 N–H and O–H groups in total. The maximum atomic E-state index is 2.53. The van der Waals surface area contributed by atoms with Crippen molar-refractivity contribution in [3.63, 3.8) is 0 Å². The Hall–Kier alpha value is -6.76. The van der Waals surface area contributed by atoms with Crippen LogP contribution >= 0.6 is 0 Å². The smallest absolute Gasteiger partial charge is 0.0000717 e. The molecule has 0 heterocycles. The molecular formula is C52H30. The lowest BCUT2D eigenvalue weighted by Gasteiger charge is -2.20. The molecule has 0 spiro atoms. The van der Waals surface area contributed by atoms with Crippen molar-refractivity contribution in [2.45, 2.75) is 0 Å². The standard InChI is InChI=1S/C52H30/c1-4-16-31(17-5-1)44-37-25-13-12-24-36(37)39-27-15-29-41-48(39)51(44)52-46(33-20-8-3-9-21-33)49-40-28-14-26-38-34-22-10-11-23-35(34)42(47(38)40)30-43(49)45(50(41)52)32-18-6-2-7-19-32/h1-30H. The van der Waals surface area contributed by atoms with Crippen LogP contribution in [0, 0.1) is 0 Å². The van der Waals surface area contributed by atoms with Crippen LogP contribution in [0.15, 0.2) is 182 Å². The minimum atomic E-state index is 1.24. The highest BCUT2D eigenvalue weighted by atomic mass is 14.3. The number of hydrogen-bond donors (Lipinski definition) is 0. The zero-order chi connectivity index (χ0) is 33.9. The van der Waals surface area contributed by atoms with Gasteiger partial charge in [-0.25, -0.2) is 0 Å². The first-order chi connectivity index (χ1) is 25.9. The zero-order valence-electron chi connectivity index (χ0n) is 28.3. The second-order valence-corrected chi connectivity index (χ2v) is 14.2. The molecule has 0 aliphatic carbocycles. The Morgan fingerprint density at radius 3 is 1.15 bits per heavy atom. The fraction of sp³-hybridized carbons (Fsp3) is 0. The molecule has 0 saturated heterocycles. The molecule has 0 aromatic heterocycles. The summed E-state index contributed by atoms with van der Waals surface area (Å²) in [4.78, 5) is 0. The van der Waals surface area contributed by atoms with Crippen molar-refractivity contribution < 1.29 is 0 Å². The van der Waals surface area contributed by atoms with Crippen molar-refractivity contribution in [1.29, 1.82) is 0 Å². The third-order valence-corrected chi connectivity index (χ3v) is 11.7. The largest absolute Gasteiger partial charge is 0.0622 e. The highest BCUT2D eigenvalue weighted by molar-refractivity contribution is 6.48. The molecule has 12 aromatic carbocycles. The first kappa shape index (κ1) is 28.0. The van der Waals surface area contributed by atoms with Gasteiger partial charge in [-0.1, -0.05) is 176 Å². The molecule has 0 aliphatic heterocycles. The quantitative estimate of drug-likeness (QED) is 0.166. The van der Waals surface area contributed by atoms with Gasteiger partial charge in [-0.15, -0.1) is 0 Å². The first-order valence-corrected chi connectivity index (χ1v) is 18.2. The van der Waals surface area contributed by atoms with Crippen molar-refractivity contribution in [2.75, 3.05) is 0 Å². The predicted octanol–water partition coefficient (Wildman–Crippen LogP) is 14.8. The van der Waals surface area contributed by atoms with Gasteiger partial charge in [-0.05, 0) is 126 Å². The lowest BCUT2D eigenvalue weighted by atomic mass is 9.83. The van der Waals surface area contributed by atoms with Crippen LogP contribution in [0.3, 0.4) is 0 Å². The predicted molar refractivity (Wildman–Crippen MR) is 225 cm³/mol. The van der Waals surface area contributed by atoms with E-state index in [2.05, 4.69) is 182 Å². The van der Waals surface area contributed by atoms with E-state index < -0.39 is 0 Å². The molecule has 238 valence electrons. The van der Waals surface area contributed by atoms with Crippen molar-refractivity contribution in [3.8, 4) is 33.4 Å². The fourth-order valence-electron chi connectivity index (χ4n) is 9.77. The first-order valence-electron chi connectivity index (χ1n) is 18.2. The summed E-state index contributed by atoms with van der Waals surface area (Å²) in [6.07, 6.45) is 0. The third-order valence-electron chi connectivity index (χ3n) is 11.7. The van der Waals surface area contributed by atoms with Gasteiger partial charge in [0.1, 0.15) is 0 Å². The van der Waals surface area contributed by atoms with Gasteiger partial charge >= 0.3 is 0 Å². The Labute approximate surface area is 300 Å². The summed E-state index contributed by atoms with van der Waals surface area (Å²) in [7, 11) is 0. The van der Waals surface area contributed by atoms with Gasteiger partial charge < -0.3 is 0 Å². The molecule has 0 fully saturated rings. The Kier molecular flexibility index (Phi) is 5.59. The van der Waals surface area contributed by atoms with Gasteiger partial charge in [0.25, 0.3) is 0 Å². The Morgan fingerprint density at radius 2 is 0.558 bits per heavy atom. The van der Waals surface area contributed by atoms with E-state index in [0.29, 0.717) is 0 Å². The second kappa shape index (κ2) is 10.4. The molecule has 0 radical (unpaired) electrons. The lowest BCUT2D eigenvalue weighted by molar-refractivity contribution is 1.67. The Morgan fingerprint density at radius 1 is 0.173 bits per heavy atom. The maximum absolute atomic E-state index is 2.53. The number of hydrogen-bond acceptors (Lipinski definition) is 0. The number of rotatable bonds is 3. The van der Waals surface area contributed by atoms with Crippen LogP contribution in [0.5, 0.6) is 0 Å². The Balaban J connectivity index is 1.49. The van der Waals surface area contributed by atoms with Gasteiger partial charge in [0, 0.05) is 0 Å². The summed E-state index contributed by atoms with van der Waals surface area (Å²) >= 11 is 0. The number of benzene rings is 10. The summed E-state index contributed by atoms with van der Waals surface area (Å²) < 4.78 is 0. The van der Waals surface area contributed by atoms with E-state index in [1.54, 1.807) is 0 Å². The van der Waals surface area contributed by atoms with E-state index in [4.69, 9.17) is 0 Å². The van der Waals surface area contributed by atoms with Crippen molar-refractivity contribution in [2.24, 2.45) is 0 Å². The van der Waals surface area contributed by atoms with E-state index in [0.717, 1.165) is 0 Å². The molecule has 0 unspecified atom stereocenters. The van der Waals surface area contributed by atoms with E-state index >= 15 is 0 Å². The van der Waals surface area contributed by atoms with E-state index in [1.807, 2.05) is 0 Å². The summed E-state index contributed by atoms with van der Waals surface area (Å²) in [6, 6.07) is 67.8. The van der Waals surface area contributed by atoms with Crippen molar-refractivity contribution in [3.05, 3.63) is 182 Å². The van der Waals surface area contributed by atoms with Crippen LogP contribution in [0.25, 0.3) is 120 Å². The zero-order valence-corrected chi connectivity index (χ0v) is 28.3. The summed E-state index contributed by atoms with van der Waals surface area (Å²) in [5.74, 6) is 0. The minimum absolute atomic E-state index is 1.24. The molecule has 52 heavy (non-hydrogen) atoms. The monoisotopic (exact) mass is 654 g/mol. The van der Waals surface area contributed by atoms with Crippen LogP contribution < -0.4 is 0 Å². The SMILES string of the molecule is c1ccc(-c2c3cc4c5ccccc5c5cccc(c3c(-c3ccccc3)c3c2c2cccc6c7ccccc7c(-c7ccccc7)c3c62)c54)cc1. The minimum Gasteiger partial charge on any atom is -0.0622 e. The van der Waals surface area contributed by atoms with Crippen LogP contribution in [0.4, 0.5) is 0 Å². The van der Waals surface area contributed by atoms with Gasteiger partial charge in [0.2, 0.25) is 0 Å². The van der Waals surface area contributed by atoms with Crippen molar-refractivity contribution >= 4 is 86.2 Å². The van der Waals surface area contributed by atoms with Crippen LogP contribution in [-0.2, 0) is 0 Å². The van der Waals surface area contributed by atoms with Gasteiger partial charge in [0.15, 0.2) is 0 Å². The molecular weight excluding hydrogens is 625 g/mol. The molecule has 12 aromatic rings. The molecule has 0 nitrogen and oxygen atoms in total. The van der Waals surface area contributed by atoms with Crippen LogP contribution in [0.2, 0.25) is 0 Å².